The first-order chi connectivity index (χ1) is 15.0. The van der Waals surface area contributed by atoms with Crippen LogP contribution >= 0.6 is 12.4 Å². The highest BCUT2D eigenvalue weighted by Crippen LogP contribution is 2.25. The van der Waals surface area contributed by atoms with Crippen LogP contribution in [0.3, 0.4) is 0 Å². The van der Waals surface area contributed by atoms with Crippen molar-refractivity contribution in [3.8, 4) is 17.6 Å². The molecule has 170 valence electrons. The highest BCUT2D eigenvalue weighted by Gasteiger charge is 2.36. The summed E-state index contributed by atoms with van der Waals surface area (Å²) in [5.74, 6) is 0.730. The van der Waals surface area contributed by atoms with Crippen molar-refractivity contribution in [1.82, 2.24) is 10.2 Å². The summed E-state index contributed by atoms with van der Waals surface area (Å²) in [6, 6.07) is 15.4. The molecular weight excluding hydrogens is 436 g/mol. The van der Waals surface area contributed by atoms with Gasteiger partial charge in [-0.1, -0.05) is 18.2 Å². The molecule has 0 bridgehead atoms. The lowest BCUT2D eigenvalue weighted by Gasteiger charge is -2.18. The Morgan fingerprint density at radius 3 is 2.75 bits per heavy atom. The van der Waals surface area contributed by atoms with Crippen LogP contribution in [0.5, 0.6) is 11.5 Å². The van der Waals surface area contributed by atoms with Gasteiger partial charge < -0.3 is 19.9 Å². The van der Waals surface area contributed by atoms with Crippen molar-refractivity contribution < 1.29 is 24.2 Å². The maximum absolute atomic E-state index is 12.6. The fraction of sp³-hybridized carbons (Fsp3) is 0.318. The molecule has 0 aromatic heterocycles. The zero-order valence-corrected chi connectivity index (χ0v) is 18.4. The van der Waals surface area contributed by atoms with Crippen molar-refractivity contribution in [3.05, 3.63) is 54.1 Å². The Balaban J connectivity index is 0.00000363. The van der Waals surface area contributed by atoms with Crippen LogP contribution in [0, 0.1) is 11.3 Å². The molecule has 9 nitrogen and oxygen atoms in total. The molecule has 0 radical (unpaired) electrons. The van der Waals surface area contributed by atoms with Gasteiger partial charge in [-0.15, -0.1) is 12.4 Å². The van der Waals surface area contributed by atoms with Crippen LogP contribution in [0.15, 0.2) is 48.5 Å². The predicted molar refractivity (Wildman–Crippen MR) is 120 cm³/mol. The quantitative estimate of drug-likeness (QED) is 0.410. The van der Waals surface area contributed by atoms with Crippen LogP contribution in [-0.2, 0) is 4.79 Å². The van der Waals surface area contributed by atoms with E-state index in [1.54, 1.807) is 48.5 Å². The van der Waals surface area contributed by atoms with E-state index in [0.29, 0.717) is 29.3 Å². The van der Waals surface area contributed by atoms with E-state index in [2.05, 4.69) is 5.32 Å². The number of urea groups is 1. The van der Waals surface area contributed by atoms with Gasteiger partial charge in [0.2, 0.25) is 0 Å². The molecule has 1 heterocycles. The maximum atomic E-state index is 12.6. The Morgan fingerprint density at radius 1 is 1.22 bits per heavy atom. The number of benzene rings is 2. The molecule has 0 aliphatic carbocycles. The van der Waals surface area contributed by atoms with Crippen molar-refractivity contribution in [3.63, 3.8) is 0 Å². The number of aliphatic hydroxyl groups is 1. The highest BCUT2D eigenvalue weighted by atomic mass is 35.5. The molecule has 2 N–H and O–H groups in total. The number of carbonyl (C=O) groups excluding carboxylic acids is 2. The van der Waals surface area contributed by atoms with Gasteiger partial charge in [0.05, 0.1) is 12.7 Å². The van der Waals surface area contributed by atoms with E-state index in [4.69, 9.17) is 14.7 Å². The lowest BCUT2D eigenvalue weighted by molar-refractivity contribution is -0.124. The van der Waals surface area contributed by atoms with Crippen LogP contribution in [0.1, 0.15) is 5.56 Å². The number of halogens is 1. The SMILES string of the molecule is COc1cccc(N2CC(=O)N(CCNCC(O)COc3ccccc3C#N)C2=O)c1.Cl. The van der Waals surface area contributed by atoms with Gasteiger partial charge in [0, 0.05) is 31.4 Å². The summed E-state index contributed by atoms with van der Waals surface area (Å²) >= 11 is 0. The molecule has 32 heavy (non-hydrogen) atoms. The number of ether oxygens (including phenoxy) is 2. The number of nitrogens with zero attached hydrogens (tertiary/aromatic N) is 3. The first kappa shape index (κ1) is 24.9. The molecule has 2 aromatic carbocycles. The summed E-state index contributed by atoms with van der Waals surface area (Å²) in [5, 5.41) is 22.1. The Kier molecular flexibility index (Phi) is 9.28. The monoisotopic (exact) mass is 460 g/mol. The number of carbonyl (C=O) groups is 2. The Hall–Kier alpha value is -3.32. The molecule has 1 atom stereocenters. The number of amides is 3. The maximum Gasteiger partial charge on any atom is 0.331 e. The van der Waals surface area contributed by atoms with Crippen molar-refractivity contribution in [2.75, 3.05) is 44.8 Å². The van der Waals surface area contributed by atoms with Crippen LogP contribution < -0.4 is 19.7 Å². The second-order valence-electron chi connectivity index (χ2n) is 6.89. The van der Waals surface area contributed by atoms with E-state index in [1.165, 1.54) is 16.9 Å². The van der Waals surface area contributed by atoms with Crippen LogP contribution in [0.4, 0.5) is 10.5 Å². The molecule has 0 saturated carbocycles. The summed E-state index contributed by atoms with van der Waals surface area (Å²) in [7, 11) is 1.54. The summed E-state index contributed by atoms with van der Waals surface area (Å²) in [4.78, 5) is 27.5. The number of nitrogens with one attached hydrogen (secondary N) is 1. The van der Waals surface area contributed by atoms with E-state index in [0.717, 1.165) is 0 Å². The smallest absolute Gasteiger partial charge is 0.331 e. The molecule has 0 spiro atoms. The number of aliphatic hydroxyl groups excluding tert-OH is 1. The fourth-order valence-corrected chi connectivity index (χ4v) is 3.13. The molecule has 1 unspecified atom stereocenters. The third kappa shape index (κ3) is 6.11. The Morgan fingerprint density at radius 2 is 2.00 bits per heavy atom. The normalized spacial score (nSPS) is 14.0. The lowest BCUT2D eigenvalue weighted by Crippen LogP contribution is -2.40. The second-order valence-corrected chi connectivity index (χ2v) is 6.89. The van der Waals surface area contributed by atoms with Gasteiger partial charge >= 0.3 is 6.03 Å². The predicted octanol–water partition coefficient (Wildman–Crippen LogP) is 1.79. The molecule has 1 aliphatic heterocycles. The molecular formula is C22H25ClN4O5. The molecule has 1 saturated heterocycles. The van der Waals surface area contributed by atoms with E-state index in [1.807, 2.05) is 6.07 Å². The number of methoxy groups -OCH3 is 1. The Labute approximate surface area is 192 Å². The summed E-state index contributed by atoms with van der Waals surface area (Å²) in [6.45, 7) is 0.709. The summed E-state index contributed by atoms with van der Waals surface area (Å²) in [6.07, 6.45) is -0.815. The van der Waals surface area contributed by atoms with Crippen LogP contribution in [0.2, 0.25) is 0 Å². The van der Waals surface area contributed by atoms with Crippen molar-refractivity contribution in [2.45, 2.75) is 6.10 Å². The minimum absolute atomic E-state index is 0. The Bertz CT molecular complexity index is 981. The number of anilines is 1. The highest BCUT2D eigenvalue weighted by molar-refractivity contribution is 6.12. The van der Waals surface area contributed by atoms with Crippen LogP contribution in [0.25, 0.3) is 0 Å². The topological polar surface area (TPSA) is 115 Å². The molecule has 10 heteroatoms. The van der Waals surface area contributed by atoms with Gasteiger partial charge in [0.15, 0.2) is 0 Å². The molecule has 2 aromatic rings. The van der Waals surface area contributed by atoms with Crippen molar-refractivity contribution in [1.29, 1.82) is 5.26 Å². The molecule has 1 aliphatic rings. The van der Waals surface area contributed by atoms with E-state index >= 15 is 0 Å². The number of hydrogen-bond acceptors (Lipinski definition) is 7. The van der Waals surface area contributed by atoms with Crippen molar-refractivity contribution >= 4 is 30.0 Å². The summed E-state index contributed by atoms with van der Waals surface area (Å²) in [5.41, 5.74) is 0.993. The largest absolute Gasteiger partial charge is 0.497 e. The van der Waals surface area contributed by atoms with Crippen molar-refractivity contribution in [2.24, 2.45) is 0 Å². The van der Waals surface area contributed by atoms with Gasteiger partial charge in [0.1, 0.15) is 36.8 Å². The molecule has 3 rings (SSSR count). The minimum Gasteiger partial charge on any atom is -0.497 e. The number of hydrogen-bond donors (Lipinski definition) is 2. The third-order valence-electron chi connectivity index (χ3n) is 4.75. The minimum atomic E-state index is -0.815. The van der Waals surface area contributed by atoms with Gasteiger partial charge in [-0.2, -0.15) is 5.26 Å². The van der Waals surface area contributed by atoms with Gasteiger partial charge in [-0.05, 0) is 24.3 Å². The van der Waals surface area contributed by atoms with Gasteiger partial charge in [0.25, 0.3) is 5.91 Å². The van der Waals surface area contributed by atoms with Gasteiger partial charge in [-0.25, -0.2) is 4.79 Å². The number of rotatable bonds is 10. The zero-order valence-electron chi connectivity index (χ0n) is 17.6. The van der Waals surface area contributed by atoms with E-state index < -0.39 is 12.1 Å². The number of nitriles is 1. The lowest BCUT2D eigenvalue weighted by atomic mass is 10.2. The number of imide groups is 1. The zero-order chi connectivity index (χ0) is 22.2. The first-order valence-corrected chi connectivity index (χ1v) is 9.80. The summed E-state index contributed by atoms with van der Waals surface area (Å²) < 4.78 is 10.7. The molecule has 3 amide bonds. The van der Waals surface area contributed by atoms with E-state index in [-0.39, 0.29) is 44.6 Å². The van der Waals surface area contributed by atoms with E-state index in [9.17, 15) is 14.7 Å². The average Bonchev–Trinajstić information content (AvgIpc) is 3.08. The third-order valence-corrected chi connectivity index (χ3v) is 4.75. The van der Waals surface area contributed by atoms with Gasteiger partial charge in [-0.3, -0.25) is 14.6 Å². The number of para-hydroxylation sites is 1. The standard InChI is InChI=1S/C22H24N4O5.ClH/c1-30-19-7-4-6-17(11-19)26-14-21(28)25(22(26)29)10-9-24-13-18(27)15-31-20-8-3-2-5-16(20)12-23;/h2-8,11,18,24,27H,9-10,13-15H2,1H3;1H. The first-order valence-electron chi connectivity index (χ1n) is 9.80. The molecule has 1 fully saturated rings. The fourth-order valence-electron chi connectivity index (χ4n) is 3.13. The average molecular weight is 461 g/mol. The van der Waals surface area contributed by atoms with Crippen LogP contribution in [-0.4, -0.2) is 67.9 Å². The second kappa shape index (κ2) is 11.9.